The van der Waals surface area contributed by atoms with Crippen molar-refractivity contribution in [2.24, 2.45) is 10.7 Å². The van der Waals surface area contributed by atoms with Crippen molar-refractivity contribution in [1.82, 2.24) is 15.1 Å². The van der Waals surface area contributed by atoms with Gasteiger partial charge in [-0.3, -0.25) is 15.2 Å². The lowest BCUT2D eigenvalue weighted by atomic mass is 9.69. The van der Waals surface area contributed by atoms with Gasteiger partial charge in [-0.1, -0.05) is 49.0 Å². The minimum absolute atomic E-state index is 0.0176. The van der Waals surface area contributed by atoms with Gasteiger partial charge < -0.3 is 15.7 Å². The molecule has 7 nitrogen and oxygen atoms in total. The number of nitrogens with two attached hydrogens (primary N) is 1. The van der Waals surface area contributed by atoms with Crippen molar-refractivity contribution in [2.45, 2.75) is 43.1 Å². The van der Waals surface area contributed by atoms with E-state index < -0.39 is 6.35 Å². The summed E-state index contributed by atoms with van der Waals surface area (Å²) >= 11 is 0. The Balaban J connectivity index is 1.47. The Labute approximate surface area is 207 Å². The molecule has 4 N–H and O–H groups in total. The molecular formula is C28H34N6O. The Kier molecular flexibility index (Phi) is 7.08. The molecule has 0 bridgehead atoms. The fourth-order valence-electron chi connectivity index (χ4n) is 5.43. The normalized spacial score (nSPS) is 27.0. The summed E-state index contributed by atoms with van der Waals surface area (Å²) in [5.74, 6) is 0. The maximum Gasteiger partial charge on any atom is 0.184 e. The molecule has 1 saturated carbocycles. The summed E-state index contributed by atoms with van der Waals surface area (Å²) in [5, 5.41) is 23.5. The van der Waals surface area contributed by atoms with Crippen molar-refractivity contribution >= 4 is 11.9 Å². The van der Waals surface area contributed by atoms with E-state index in [9.17, 15) is 5.11 Å². The van der Waals surface area contributed by atoms with Gasteiger partial charge in [0.25, 0.3) is 0 Å². The first-order chi connectivity index (χ1) is 16.8. The maximum atomic E-state index is 10.9. The highest BCUT2D eigenvalue weighted by molar-refractivity contribution is 5.83. The number of nitriles is 1. The molecule has 4 rings (SSSR count). The molecule has 2 aromatic rings. The van der Waals surface area contributed by atoms with Crippen LogP contribution in [-0.2, 0) is 5.54 Å². The van der Waals surface area contributed by atoms with Gasteiger partial charge in [-0.25, -0.2) is 0 Å². The number of benzene rings is 2. The lowest BCUT2D eigenvalue weighted by Gasteiger charge is -2.49. The predicted molar refractivity (Wildman–Crippen MR) is 140 cm³/mol. The number of nitrogens with zero attached hydrogens (tertiary/aromatic N) is 4. The van der Waals surface area contributed by atoms with Crippen molar-refractivity contribution in [2.75, 3.05) is 20.6 Å². The van der Waals surface area contributed by atoms with Crippen LogP contribution >= 0.6 is 0 Å². The first-order valence-electron chi connectivity index (χ1n) is 11.9. The number of allylic oxidation sites excluding steroid dienone is 1. The van der Waals surface area contributed by atoms with Gasteiger partial charge in [0.1, 0.15) is 0 Å². The zero-order chi connectivity index (χ0) is 25.1. The van der Waals surface area contributed by atoms with Gasteiger partial charge in [0.2, 0.25) is 0 Å². The van der Waals surface area contributed by atoms with Gasteiger partial charge in [0.05, 0.1) is 29.2 Å². The van der Waals surface area contributed by atoms with Crippen LogP contribution < -0.4 is 11.1 Å². The second kappa shape index (κ2) is 10.0. The van der Waals surface area contributed by atoms with Crippen LogP contribution in [0.25, 0.3) is 5.70 Å². The highest BCUT2D eigenvalue weighted by atomic mass is 16.3. The second-order valence-corrected chi connectivity index (χ2v) is 9.71. The smallest absolute Gasteiger partial charge is 0.184 e. The average Bonchev–Trinajstić information content (AvgIpc) is 3.20. The van der Waals surface area contributed by atoms with Gasteiger partial charge in [-0.15, -0.1) is 0 Å². The lowest BCUT2D eigenvalue weighted by Crippen LogP contribution is -2.54. The molecule has 0 amide bonds. The highest BCUT2D eigenvalue weighted by Gasteiger charge is 2.50. The van der Waals surface area contributed by atoms with Crippen LogP contribution in [0.2, 0.25) is 0 Å². The van der Waals surface area contributed by atoms with E-state index in [1.165, 1.54) is 11.8 Å². The summed E-state index contributed by atoms with van der Waals surface area (Å²) in [6.45, 7) is 4.66. The molecule has 2 fully saturated rings. The molecule has 0 radical (unpaired) electrons. The molecule has 2 aliphatic rings. The number of aliphatic imine (C=N–C) groups is 1. The molecule has 1 aliphatic carbocycles. The standard InChI is InChI=1S/C28H34N6O/c1-21(23-9-7-8-22(16-23)17-29)31-19-25(18-30)34-20-27(32-26(34)35)12-14-28(15-13-27,33(2)3)24-10-5-4-6-11-24/h4-11,16,18-19,26,32,35H,1,12-15,20,30H2,2-3H3/b25-18+,31-19?. The Morgan fingerprint density at radius 3 is 2.54 bits per heavy atom. The Morgan fingerprint density at radius 1 is 1.20 bits per heavy atom. The number of hydrogen-bond donors (Lipinski definition) is 3. The number of rotatable bonds is 6. The molecular weight excluding hydrogens is 436 g/mol. The monoisotopic (exact) mass is 470 g/mol. The lowest BCUT2D eigenvalue weighted by molar-refractivity contribution is 0.0347. The quantitative estimate of drug-likeness (QED) is 0.560. The fraction of sp³-hybridized carbons (Fsp3) is 0.357. The van der Waals surface area contributed by atoms with Gasteiger partial charge in [-0.05, 0) is 57.5 Å². The van der Waals surface area contributed by atoms with E-state index in [4.69, 9.17) is 11.0 Å². The maximum absolute atomic E-state index is 10.9. The van der Waals surface area contributed by atoms with Crippen LogP contribution in [0.3, 0.4) is 0 Å². The third-order valence-electron chi connectivity index (χ3n) is 7.58. The highest BCUT2D eigenvalue weighted by Crippen LogP contribution is 2.46. The summed E-state index contributed by atoms with van der Waals surface area (Å²) in [6, 6.07) is 20.0. The molecule has 1 saturated heterocycles. The molecule has 1 atom stereocenters. The molecule has 1 heterocycles. The number of nitrogens with one attached hydrogen (secondary N) is 1. The Morgan fingerprint density at radius 2 is 1.91 bits per heavy atom. The molecule has 0 aromatic heterocycles. The van der Waals surface area contributed by atoms with Gasteiger partial charge in [-0.2, -0.15) is 5.26 Å². The predicted octanol–water partition coefficient (Wildman–Crippen LogP) is 3.35. The topological polar surface area (TPSA) is 101 Å². The van der Waals surface area contributed by atoms with Crippen LogP contribution in [-0.4, -0.2) is 53.7 Å². The van der Waals surface area contributed by atoms with E-state index in [0.717, 1.165) is 31.2 Å². The van der Waals surface area contributed by atoms with Crippen molar-refractivity contribution in [3.8, 4) is 6.07 Å². The summed E-state index contributed by atoms with van der Waals surface area (Å²) in [5.41, 5.74) is 9.52. The molecule has 1 unspecified atom stereocenters. The van der Waals surface area contributed by atoms with Crippen LogP contribution in [0, 0.1) is 11.3 Å². The zero-order valence-electron chi connectivity index (χ0n) is 20.5. The van der Waals surface area contributed by atoms with Crippen molar-refractivity contribution in [3.05, 3.63) is 89.8 Å². The SMILES string of the molecule is C=C(N=C/C(=C\N)N1CC2(CCC(c3ccccc3)(N(C)C)CC2)NC1O)c1cccc(C#N)c1. The number of aliphatic hydroxyl groups excluding tert-OH is 1. The van der Waals surface area contributed by atoms with Gasteiger partial charge in [0, 0.05) is 29.4 Å². The third-order valence-corrected chi connectivity index (χ3v) is 7.58. The molecule has 2 aromatic carbocycles. The summed E-state index contributed by atoms with van der Waals surface area (Å²) < 4.78 is 0. The Bertz CT molecular complexity index is 1160. The number of hydrogen-bond acceptors (Lipinski definition) is 7. The number of aliphatic hydroxyl groups is 1. The largest absolute Gasteiger partial charge is 0.403 e. The van der Waals surface area contributed by atoms with E-state index in [-0.39, 0.29) is 11.1 Å². The van der Waals surface area contributed by atoms with Crippen molar-refractivity contribution in [1.29, 1.82) is 5.26 Å². The first kappa shape index (κ1) is 24.7. The molecule has 1 aliphatic heterocycles. The van der Waals surface area contributed by atoms with Gasteiger partial charge in [0.15, 0.2) is 6.35 Å². The summed E-state index contributed by atoms with van der Waals surface area (Å²) in [7, 11) is 4.30. The molecule has 7 heteroatoms. The summed E-state index contributed by atoms with van der Waals surface area (Å²) in [6.07, 6.45) is 6.06. The minimum Gasteiger partial charge on any atom is -0.403 e. The van der Waals surface area contributed by atoms with Crippen molar-refractivity contribution in [3.63, 3.8) is 0 Å². The van der Waals surface area contributed by atoms with E-state index in [1.54, 1.807) is 24.4 Å². The zero-order valence-corrected chi connectivity index (χ0v) is 20.5. The van der Waals surface area contributed by atoms with Gasteiger partial charge >= 0.3 is 0 Å². The fourth-order valence-corrected chi connectivity index (χ4v) is 5.43. The second-order valence-electron chi connectivity index (χ2n) is 9.71. The molecule has 1 spiro atoms. The summed E-state index contributed by atoms with van der Waals surface area (Å²) in [4.78, 5) is 8.67. The van der Waals surface area contributed by atoms with Crippen LogP contribution in [0.4, 0.5) is 0 Å². The molecule has 35 heavy (non-hydrogen) atoms. The van der Waals surface area contributed by atoms with Crippen LogP contribution in [0.5, 0.6) is 0 Å². The molecule has 182 valence electrons. The van der Waals surface area contributed by atoms with E-state index >= 15 is 0 Å². The van der Waals surface area contributed by atoms with E-state index in [2.05, 4.69) is 72.3 Å². The third kappa shape index (κ3) is 4.87. The van der Waals surface area contributed by atoms with Crippen LogP contribution in [0.15, 0.2) is 78.1 Å². The minimum atomic E-state index is -0.852. The van der Waals surface area contributed by atoms with Crippen LogP contribution in [0.1, 0.15) is 42.4 Å². The first-order valence-corrected chi connectivity index (χ1v) is 11.9. The Hall–Kier alpha value is -3.44. The van der Waals surface area contributed by atoms with E-state index in [0.29, 0.717) is 23.5 Å². The average molecular weight is 471 g/mol. The van der Waals surface area contributed by atoms with E-state index in [1.807, 2.05) is 11.0 Å². The van der Waals surface area contributed by atoms with Crippen molar-refractivity contribution < 1.29 is 5.11 Å².